The van der Waals surface area contributed by atoms with E-state index in [0.29, 0.717) is 5.75 Å². The van der Waals surface area contributed by atoms with E-state index >= 15 is 0 Å². The zero-order chi connectivity index (χ0) is 17.1. The van der Waals surface area contributed by atoms with Crippen molar-refractivity contribution in [3.8, 4) is 17.2 Å². The standard InChI is InChI=1S/C18H23N3O4/c1-22-16-8-14(9-17-18(16)25-13-24-17)10-20-5-3-7-23-15(11-20)12-21-6-2-4-19-21/h2,4,6,8-9,15H,3,5,7,10-13H2,1H3/t15-/m1/s1. The van der Waals surface area contributed by atoms with E-state index in [4.69, 9.17) is 18.9 Å². The molecule has 1 aromatic heterocycles. The number of ether oxygens (including phenoxy) is 4. The van der Waals surface area contributed by atoms with Crippen molar-refractivity contribution in [1.82, 2.24) is 14.7 Å². The molecule has 2 aliphatic rings. The molecular weight excluding hydrogens is 322 g/mol. The second-order valence-corrected chi connectivity index (χ2v) is 6.34. The summed E-state index contributed by atoms with van der Waals surface area (Å²) in [6.07, 6.45) is 4.93. The van der Waals surface area contributed by atoms with E-state index in [1.165, 1.54) is 0 Å². The van der Waals surface area contributed by atoms with Crippen LogP contribution in [0.2, 0.25) is 0 Å². The highest BCUT2D eigenvalue weighted by molar-refractivity contribution is 5.55. The van der Waals surface area contributed by atoms with E-state index in [2.05, 4.69) is 10.00 Å². The van der Waals surface area contributed by atoms with E-state index in [9.17, 15) is 0 Å². The molecule has 0 N–H and O–H groups in total. The molecule has 0 unspecified atom stereocenters. The molecule has 3 heterocycles. The Morgan fingerprint density at radius 3 is 3.12 bits per heavy atom. The van der Waals surface area contributed by atoms with Crippen LogP contribution < -0.4 is 14.2 Å². The number of fused-ring (bicyclic) bond motifs is 1. The molecule has 0 radical (unpaired) electrons. The van der Waals surface area contributed by atoms with Crippen LogP contribution in [0.1, 0.15) is 12.0 Å². The van der Waals surface area contributed by atoms with Crippen molar-refractivity contribution in [3.63, 3.8) is 0 Å². The van der Waals surface area contributed by atoms with Crippen LogP contribution in [0, 0.1) is 0 Å². The average molecular weight is 345 g/mol. The first-order chi connectivity index (χ1) is 12.3. The Kier molecular flexibility index (Phi) is 4.76. The first-order valence-corrected chi connectivity index (χ1v) is 8.60. The number of rotatable bonds is 5. The van der Waals surface area contributed by atoms with Gasteiger partial charge in [0.05, 0.1) is 19.8 Å². The molecule has 1 aromatic carbocycles. The third-order valence-corrected chi connectivity index (χ3v) is 4.51. The molecule has 1 fully saturated rings. The third kappa shape index (κ3) is 3.72. The summed E-state index contributed by atoms with van der Waals surface area (Å²) in [5, 5.41) is 4.28. The highest BCUT2D eigenvalue weighted by atomic mass is 16.7. The second-order valence-electron chi connectivity index (χ2n) is 6.34. The Morgan fingerprint density at radius 1 is 1.32 bits per heavy atom. The van der Waals surface area contributed by atoms with Gasteiger partial charge in [0.25, 0.3) is 0 Å². The zero-order valence-corrected chi connectivity index (χ0v) is 14.4. The molecule has 0 aliphatic carbocycles. The van der Waals surface area contributed by atoms with Crippen LogP contribution in [-0.4, -0.2) is 54.4 Å². The molecule has 1 atom stereocenters. The van der Waals surface area contributed by atoms with E-state index in [-0.39, 0.29) is 12.9 Å². The molecule has 2 aliphatic heterocycles. The van der Waals surface area contributed by atoms with Crippen molar-refractivity contribution < 1.29 is 18.9 Å². The van der Waals surface area contributed by atoms with Crippen molar-refractivity contribution in [3.05, 3.63) is 36.2 Å². The van der Waals surface area contributed by atoms with Crippen LogP contribution in [0.15, 0.2) is 30.6 Å². The molecule has 0 spiro atoms. The molecule has 1 saturated heterocycles. The molecule has 0 bridgehead atoms. The van der Waals surface area contributed by atoms with Gasteiger partial charge in [-0.15, -0.1) is 0 Å². The van der Waals surface area contributed by atoms with Gasteiger partial charge in [0.2, 0.25) is 12.5 Å². The van der Waals surface area contributed by atoms with E-state index in [1.807, 2.05) is 29.1 Å². The van der Waals surface area contributed by atoms with Crippen LogP contribution in [-0.2, 0) is 17.8 Å². The predicted molar refractivity (Wildman–Crippen MR) is 91.0 cm³/mol. The molecular formula is C18H23N3O4. The summed E-state index contributed by atoms with van der Waals surface area (Å²) in [5.41, 5.74) is 1.15. The fraction of sp³-hybridized carbons (Fsp3) is 0.500. The lowest BCUT2D eigenvalue weighted by molar-refractivity contribution is 0.0391. The van der Waals surface area contributed by atoms with Gasteiger partial charge in [0.1, 0.15) is 0 Å². The molecule has 0 amide bonds. The van der Waals surface area contributed by atoms with Crippen molar-refractivity contribution in [2.45, 2.75) is 25.6 Å². The molecule has 7 heteroatoms. The van der Waals surface area contributed by atoms with E-state index in [0.717, 1.165) is 56.3 Å². The Balaban J connectivity index is 1.46. The molecule has 0 saturated carbocycles. The van der Waals surface area contributed by atoms with Gasteiger partial charge in [-0.3, -0.25) is 9.58 Å². The fourth-order valence-corrected chi connectivity index (χ4v) is 3.37. The van der Waals surface area contributed by atoms with Gasteiger partial charge in [0.15, 0.2) is 11.5 Å². The minimum Gasteiger partial charge on any atom is -0.493 e. The molecule has 25 heavy (non-hydrogen) atoms. The molecule has 2 aromatic rings. The summed E-state index contributed by atoms with van der Waals surface area (Å²) < 4.78 is 24.4. The number of aromatic nitrogens is 2. The predicted octanol–water partition coefficient (Wildman–Crippen LogP) is 1.91. The highest BCUT2D eigenvalue weighted by Gasteiger charge is 2.23. The SMILES string of the molecule is COc1cc(CN2CCCO[C@@H](Cn3cccn3)C2)cc2c1OCO2. The summed E-state index contributed by atoms with van der Waals surface area (Å²) >= 11 is 0. The lowest BCUT2D eigenvalue weighted by atomic mass is 10.1. The maximum Gasteiger partial charge on any atom is 0.231 e. The number of benzene rings is 1. The monoisotopic (exact) mass is 345 g/mol. The van der Waals surface area contributed by atoms with E-state index < -0.39 is 0 Å². The first-order valence-electron chi connectivity index (χ1n) is 8.60. The summed E-state index contributed by atoms with van der Waals surface area (Å²) in [6.45, 7) is 4.51. The largest absolute Gasteiger partial charge is 0.493 e. The van der Waals surface area contributed by atoms with Crippen LogP contribution in [0.5, 0.6) is 17.2 Å². The Bertz CT molecular complexity index is 705. The van der Waals surface area contributed by atoms with Gasteiger partial charge in [-0.2, -0.15) is 5.10 Å². The van der Waals surface area contributed by atoms with Crippen LogP contribution in [0.25, 0.3) is 0 Å². The molecule has 134 valence electrons. The number of hydrogen-bond donors (Lipinski definition) is 0. The van der Waals surface area contributed by atoms with Crippen LogP contribution in [0.3, 0.4) is 0 Å². The number of methoxy groups -OCH3 is 1. The quantitative estimate of drug-likeness (QED) is 0.825. The number of hydrogen-bond acceptors (Lipinski definition) is 6. The minimum absolute atomic E-state index is 0.137. The topological polar surface area (TPSA) is 58.0 Å². The molecule has 4 rings (SSSR count). The van der Waals surface area contributed by atoms with Crippen molar-refractivity contribution in [2.75, 3.05) is 33.6 Å². The van der Waals surface area contributed by atoms with Gasteiger partial charge in [-0.1, -0.05) is 0 Å². The summed E-state index contributed by atoms with van der Waals surface area (Å²) in [6, 6.07) is 6.01. The lowest BCUT2D eigenvalue weighted by Crippen LogP contribution is -2.34. The Hall–Kier alpha value is -2.25. The maximum atomic E-state index is 5.99. The summed E-state index contributed by atoms with van der Waals surface area (Å²) in [4.78, 5) is 2.41. The lowest BCUT2D eigenvalue weighted by Gasteiger charge is -2.24. The van der Waals surface area contributed by atoms with Crippen LogP contribution in [0.4, 0.5) is 0 Å². The third-order valence-electron chi connectivity index (χ3n) is 4.51. The maximum absolute atomic E-state index is 5.99. The Morgan fingerprint density at radius 2 is 2.28 bits per heavy atom. The van der Waals surface area contributed by atoms with Crippen molar-refractivity contribution in [1.29, 1.82) is 0 Å². The van der Waals surface area contributed by atoms with Gasteiger partial charge >= 0.3 is 0 Å². The van der Waals surface area contributed by atoms with Crippen LogP contribution >= 0.6 is 0 Å². The van der Waals surface area contributed by atoms with Crippen molar-refractivity contribution in [2.24, 2.45) is 0 Å². The minimum atomic E-state index is 0.137. The van der Waals surface area contributed by atoms with Gasteiger partial charge in [-0.05, 0) is 30.2 Å². The fourth-order valence-electron chi connectivity index (χ4n) is 3.37. The van der Waals surface area contributed by atoms with Gasteiger partial charge in [0, 0.05) is 38.6 Å². The van der Waals surface area contributed by atoms with Gasteiger partial charge in [-0.25, -0.2) is 0 Å². The van der Waals surface area contributed by atoms with Gasteiger partial charge < -0.3 is 18.9 Å². The smallest absolute Gasteiger partial charge is 0.231 e. The Labute approximate surface area is 147 Å². The second kappa shape index (κ2) is 7.33. The zero-order valence-electron chi connectivity index (χ0n) is 14.4. The van der Waals surface area contributed by atoms with Crippen molar-refractivity contribution >= 4 is 0 Å². The average Bonchev–Trinajstić information content (AvgIpc) is 3.24. The van der Waals surface area contributed by atoms with E-state index in [1.54, 1.807) is 13.3 Å². The summed E-state index contributed by atoms with van der Waals surface area (Å²) in [7, 11) is 1.65. The first kappa shape index (κ1) is 16.2. The normalized spacial score (nSPS) is 20.4. The summed E-state index contributed by atoms with van der Waals surface area (Å²) in [5.74, 6) is 2.18. The number of nitrogens with zero attached hydrogens (tertiary/aromatic N) is 3. The highest BCUT2D eigenvalue weighted by Crippen LogP contribution is 2.42. The molecule has 7 nitrogen and oxygen atoms in total.